The van der Waals surface area contributed by atoms with Gasteiger partial charge in [0.15, 0.2) is 0 Å². The second kappa shape index (κ2) is 9.85. The number of aromatic nitrogens is 4. The molecule has 0 unspecified atom stereocenters. The van der Waals surface area contributed by atoms with Crippen molar-refractivity contribution in [3.63, 3.8) is 0 Å². The summed E-state index contributed by atoms with van der Waals surface area (Å²) >= 11 is 0. The number of carbonyl (C=O) groups is 1. The molecule has 192 valence electrons. The zero-order valence-electron chi connectivity index (χ0n) is 20.3. The highest BCUT2D eigenvalue weighted by Gasteiger charge is 2.23. The molecule has 0 radical (unpaired) electrons. The van der Waals surface area contributed by atoms with Crippen molar-refractivity contribution >= 4 is 28.5 Å². The highest BCUT2D eigenvalue weighted by molar-refractivity contribution is 6.04. The molecule has 2 aromatic carbocycles. The molecule has 1 N–H and O–H groups in total. The molecule has 0 spiro atoms. The lowest BCUT2D eigenvalue weighted by molar-refractivity contribution is 0.102. The van der Waals surface area contributed by atoms with Gasteiger partial charge in [0.05, 0.1) is 34.5 Å². The lowest BCUT2D eigenvalue weighted by Crippen LogP contribution is -2.30. The number of anilines is 3. The number of fused-ring (bicyclic) bond motifs is 1. The van der Waals surface area contributed by atoms with E-state index in [1.54, 1.807) is 40.0 Å². The van der Waals surface area contributed by atoms with Crippen molar-refractivity contribution in [2.45, 2.75) is 19.9 Å². The normalized spacial score (nSPS) is 11.2. The van der Waals surface area contributed by atoms with Crippen LogP contribution in [0.15, 0.2) is 84.0 Å². The first kappa shape index (κ1) is 24.8. The molecule has 0 fully saturated rings. The maximum absolute atomic E-state index is 15.4. The largest absolute Gasteiger partial charge is 0.335 e. The first-order valence-corrected chi connectivity index (χ1v) is 11.6. The molecular formula is C27H21F3N6O2. The summed E-state index contributed by atoms with van der Waals surface area (Å²) in [6.45, 7) is 3.67. The average Bonchev–Trinajstić information content (AvgIpc) is 3.37. The van der Waals surface area contributed by atoms with Crippen LogP contribution in [0.5, 0.6) is 0 Å². The molecular weight excluding hydrogens is 497 g/mol. The third-order valence-electron chi connectivity index (χ3n) is 5.90. The molecule has 0 atom stereocenters. The number of amides is 1. The van der Waals surface area contributed by atoms with E-state index in [1.165, 1.54) is 18.3 Å². The SMILES string of the molecule is CC(C)N(c1cc(F)c(NC(=O)c2ccnn(-c3ccc(F)cc3)c2=O)cc1F)c1cccn2nccc12. The molecule has 0 aliphatic rings. The Balaban J connectivity index is 1.48. The van der Waals surface area contributed by atoms with Crippen LogP contribution in [-0.2, 0) is 0 Å². The van der Waals surface area contributed by atoms with Crippen LogP contribution in [-0.4, -0.2) is 31.3 Å². The van der Waals surface area contributed by atoms with Gasteiger partial charge < -0.3 is 10.2 Å². The summed E-state index contributed by atoms with van der Waals surface area (Å²) < 4.78 is 46.4. The Hall–Kier alpha value is -4.93. The van der Waals surface area contributed by atoms with Gasteiger partial charge in [-0.15, -0.1) is 0 Å². The number of halogens is 3. The monoisotopic (exact) mass is 518 g/mol. The zero-order valence-corrected chi connectivity index (χ0v) is 20.3. The Kier molecular flexibility index (Phi) is 6.41. The number of hydrogen-bond acceptors (Lipinski definition) is 5. The van der Waals surface area contributed by atoms with Gasteiger partial charge in [-0.1, -0.05) is 0 Å². The van der Waals surface area contributed by atoms with Crippen LogP contribution in [0.1, 0.15) is 24.2 Å². The van der Waals surface area contributed by atoms with Gasteiger partial charge in [-0.25, -0.2) is 17.7 Å². The lowest BCUT2D eigenvalue weighted by Gasteiger charge is -2.30. The van der Waals surface area contributed by atoms with Gasteiger partial charge in [0.1, 0.15) is 23.0 Å². The van der Waals surface area contributed by atoms with Crippen molar-refractivity contribution in [3.05, 3.63) is 113 Å². The minimum atomic E-state index is -0.955. The summed E-state index contributed by atoms with van der Waals surface area (Å²) in [4.78, 5) is 27.4. The van der Waals surface area contributed by atoms with E-state index in [-0.39, 0.29) is 23.0 Å². The van der Waals surface area contributed by atoms with Crippen molar-refractivity contribution in [1.82, 2.24) is 19.4 Å². The Bertz CT molecular complexity index is 1710. The van der Waals surface area contributed by atoms with E-state index in [9.17, 15) is 14.0 Å². The van der Waals surface area contributed by atoms with E-state index < -0.39 is 34.6 Å². The molecule has 0 bridgehead atoms. The van der Waals surface area contributed by atoms with E-state index in [0.29, 0.717) is 11.2 Å². The Morgan fingerprint density at radius 2 is 1.66 bits per heavy atom. The standard InChI is InChI=1S/C27H21F3N6O2/c1-16(2)35(24-4-3-13-34-23(24)10-12-31-34)25-15-20(29)22(14-21(25)30)33-26(37)19-9-11-32-36(27(19)38)18-7-5-17(28)6-8-18/h3-16H,1-2H3,(H,33,37). The minimum absolute atomic E-state index is 0.0348. The second-order valence-electron chi connectivity index (χ2n) is 8.69. The van der Waals surface area contributed by atoms with Crippen molar-refractivity contribution in [1.29, 1.82) is 0 Å². The van der Waals surface area contributed by atoms with Crippen LogP contribution in [0.25, 0.3) is 11.2 Å². The van der Waals surface area contributed by atoms with E-state index in [2.05, 4.69) is 15.5 Å². The Labute approximate surface area is 214 Å². The summed E-state index contributed by atoms with van der Waals surface area (Å²) in [7, 11) is 0. The van der Waals surface area contributed by atoms with E-state index in [4.69, 9.17) is 0 Å². The molecule has 11 heteroatoms. The number of benzene rings is 2. The summed E-state index contributed by atoms with van der Waals surface area (Å²) in [6, 6.07) is 13.0. The molecule has 1 amide bonds. The zero-order chi connectivity index (χ0) is 27.0. The van der Waals surface area contributed by atoms with Gasteiger partial charge in [-0.3, -0.25) is 9.59 Å². The number of carbonyl (C=O) groups excluding carboxylic acids is 1. The molecule has 38 heavy (non-hydrogen) atoms. The maximum atomic E-state index is 15.4. The van der Waals surface area contributed by atoms with Crippen LogP contribution in [0, 0.1) is 17.5 Å². The smallest absolute Gasteiger partial charge is 0.284 e. The molecule has 0 aliphatic carbocycles. The van der Waals surface area contributed by atoms with E-state index in [1.807, 2.05) is 13.8 Å². The summed E-state index contributed by atoms with van der Waals surface area (Å²) in [5.74, 6) is -3.14. The van der Waals surface area contributed by atoms with Crippen molar-refractivity contribution in [2.24, 2.45) is 0 Å². The fraction of sp³-hybridized carbons (Fsp3) is 0.111. The molecule has 0 saturated heterocycles. The van der Waals surface area contributed by atoms with Crippen LogP contribution in [0.3, 0.4) is 0 Å². The van der Waals surface area contributed by atoms with Gasteiger partial charge in [0, 0.05) is 30.6 Å². The van der Waals surface area contributed by atoms with E-state index in [0.717, 1.165) is 35.0 Å². The molecule has 0 aliphatic heterocycles. The van der Waals surface area contributed by atoms with Crippen molar-refractivity contribution in [2.75, 3.05) is 10.2 Å². The van der Waals surface area contributed by atoms with Crippen LogP contribution in [0.2, 0.25) is 0 Å². The molecule has 0 saturated carbocycles. The number of rotatable bonds is 6. The third-order valence-corrected chi connectivity index (χ3v) is 5.90. The quantitative estimate of drug-likeness (QED) is 0.338. The number of pyridine rings is 1. The summed E-state index contributed by atoms with van der Waals surface area (Å²) in [5, 5.41) is 10.4. The molecule has 3 heterocycles. The maximum Gasteiger partial charge on any atom is 0.284 e. The van der Waals surface area contributed by atoms with Gasteiger partial charge in [-0.2, -0.15) is 14.9 Å². The van der Waals surface area contributed by atoms with Gasteiger partial charge >= 0.3 is 0 Å². The minimum Gasteiger partial charge on any atom is -0.335 e. The van der Waals surface area contributed by atoms with Gasteiger partial charge in [0.25, 0.3) is 11.5 Å². The summed E-state index contributed by atoms with van der Waals surface area (Å²) in [5.41, 5.74) is -0.0887. The average molecular weight is 518 g/mol. The molecule has 3 aromatic heterocycles. The highest BCUT2D eigenvalue weighted by Crippen LogP contribution is 2.35. The highest BCUT2D eigenvalue weighted by atomic mass is 19.1. The first-order valence-electron chi connectivity index (χ1n) is 11.6. The van der Waals surface area contributed by atoms with Crippen LogP contribution >= 0.6 is 0 Å². The Morgan fingerprint density at radius 1 is 0.921 bits per heavy atom. The molecule has 5 rings (SSSR count). The van der Waals surface area contributed by atoms with E-state index >= 15 is 8.78 Å². The molecule has 5 aromatic rings. The third kappa shape index (κ3) is 4.49. The second-order valence-corrected chi connectivity index (χ2v) is 8.69. The predicted molar refractivity (Wildman–Crippen MR) is 137 cm³/mol. The number of nitrogens with zero attached hydrogens (tertiary/aromatic N) is 5. The summed E-state index contributed by atoms with van der Waals surface area (Å²) in [6.07, 6.45) is 4.56. The fourth-order valence-corrected chi connectivity index (χ4v) is 4.18. The molecule has 8 nitrogen and oxygen atoms in total. The van der Waals surface area contributed by atoms with Gasteiger partial charge in [0.2, 0.25) is 0 Å². The number of hydrogen-bond donors (Lipinski definition) is 1. The van der Waals surface area contributed by atoms with Crippen LogP contribution < -0.4 is 15.8 Å². The lowest BCUT2D eigenvalue weighted by atomic mass is 10.1. The van der Waals surface area contributed by atoms with Crippen molar-refractivity contribution in [3.8, 4) is 5.69 Å². The van der Waals surface area contributed by atoms with Gasteiger partial charge in [-0.05, 0) is 62.4 Å². The fourth-order valence-electron chi connectivity index (χ4n) is 4.18. The van der Waals surface area contributed by atoms with Crippen LogP contribution in [0.4, 0.5) is 30.2 Å². The first-order chi connectivity index (χ1) is 18.2. The Morgan fingerprint density at radius 3 is 2.39 bits per heavy atom. The topological polar surface area (TPSA) is 84.5 Å². The number of nitrogens with one attached hydrogen (secondary N) is 1. The van der Waals surface area contributed by atoms with Crippen molar-refractivity contribution < 1.29 is 18.0 Å². The predicted octanol–water partition coefficient (Wildman–Crippen LogP) is 5.10.